The molecule has 50 heavy (non-hydrogen) atoms. The molecule has 1 saturated heterocycles. The van der Waals surface area contributed by atoms with Gasteiger partial charge in [0.1, 0.15) is 12.4 Å². The molecule has 0 spiro atoms. The molecule has 1 unspecified atom stereocenters. The number of aromatic nitrogens is 2. The van der Waals surface area contributed by atoms with Gasteiger partial charge in [-0.15, -0.1) is 0 Å². The van der Waals surface area contributed by atoms with Gasteiger partial charge in [0.25, 0.3) is 5.91 Å². The molecule has 0 saturated carbocycles. The fourth-order valence-corrected chi connectivity index (χ4v) is 7.22. The van der Waals surface area contributed by atoms with Gasteiger partial charge in [0.15, 0.2) is 10.6 Å². The summed E-state index contributed by atoms with van der Waals surface area (Å²) in [5.41, 5.74) is 6.57. The Kier molecular flexibility index (Phi) is 14.4. The van der Waals surface area contributed by atoms with Crippen LogP contribution in [0.3, 0.4) is 0 Å². The minimum atomic E-state index is -1.21. The fraction of sp³-hybridized carbons (Fsp3) is 0.415. The molecule has 0 radical (unpaired) electrons. The molecule has 3 aromatic carbocycles. The van der Waals surface area contributed by atoms with Gasteiger partial charge in [0.2, 0.25) is 0 Å². The first kappa shape index (κ1) is 37.2. The van der Waals surface area contributed by atoms with Gasteiger partial charge in [0.05, 0.1) is 24.8 Å². The number of hydrogen-bond donors (Lipinski definition) is 1. The lowest BCUT2D eigenvalue weighted by Crippen LogP contribution is -2.24. The van der Waals surface area contributed by atoms with Crippen molar-refractivity contribution in [3.05, 3.63) is 96.1 Å². The maximum Gasteiger partial charge on any atom is 0.251 e. The molecule has 5 rings (SSSR count). The van der Waals surface area contributed by atoms with Gasteiger partial charge in [0, 0.05) is 43.2 Å². The molecule has 1 N–H and O–H groups in total. The molecule has 0 bridgehead atoms. The predicted octanol–water partition coefficient (Wildman–Crippen LogP) is 8.89. The van der Waals surface area contributed by atoms with Gasteiger partial charge in [-0.05, 0) is 115 Å². The number of rotatable bonds is 17. The van der Waals surface area contributed by atoms with Gasteiger partial charge >= 0.3 is 0 Å². The van der Waals surface area contributed by atoms with Crippen LogP contribution in [0.15, 0.2) is 89.7 Å². The van der Waals surface area contributed by atoms with Crippen LogP contribution in [0.25, 0.3) is 17.2 Å². The first-order valence-corrected chi connectivity index (χ1v) is 19.4. The van der Waals surface area contributed by atoms with Crippen LogP contribution in [-0.2, 0) is 33.0 Å². The van der Waals surface area contributed by atoms with E-state index < -0.39 is 11.2 Å². The second kappa shape index (κ2) is 19.4. The molecule has 1 aliphatic heterocycles. The maximum absolute atomic E-state index is 13.5. The average molecular weight is 697 g/mol. The average Bonchev–Trinajstić information content (AvgIpc) is 3.38. The number of benzene rings is 3. The van der Waals surface area contributed by atoms with Crippen molar-refractivity contribution < 1.29 is 18.8 Å². The lowest BCUT2D eigenvalue weighted by molar-refractivity contribution is -0.112. The Morgan fingerprint density at radius 2 is 1.66 bits per heavy atom. The number of carbonyl (C=O) groups is 1. The van der Waals surface area contributed by atoms with E-state index >= 15 is 0 Å². The minimum absolute atomic E-state index is 0.172. The normalized spacial score (nSPS) is 14.3. The highest BCUT2D eigenvalue weighted by Crippen LogP contribution is 2.32. The van der Waals surface area contributed by atoms with E-state index in [9.17, 15) is 9.35 Å². The van der Waals surface area contributed by atoms with Crippen molar-refractivity contribution >= 4 is 34.5 Å². The predicted molar refractivity (Wildman–Crippen MR) is 205 cm³/mol. The Morgan fingerprint density at radius 3 is 2.38 bits per heavy atom. The maximum atomic E-state index is 13.5. The summed E-state index contributed by atoms with van der Waals surface area (Å²) in [5, 5.41) is 3.04. The van der Waals surface area contributed by atoms with E-state index in [1.165, 1.54) is 25.7 Å². The largest absolute Gasteiger partial charge is 0.611 e. The van der Waals surface area contributed by atoms with Gasteiger partial charge < -0.3 is 28.8 Å². The first-order chi connectivity index (χ1) is 24.4. The summed E-state index contributed by atoms with van der Waals surface area (Å²) in [6.07, 6.45) is 13.6. The Hall–Kier alpha value is -4.05. The molecule has 266 valence electrons. The van der Waals surface area contributed by atoms with Crippen LogP contribution in [-0.4, -0.2) is 52.9 Å². The van der Waals surface area contributed by atoms with E-state index in [0.717, 1.165) is 84.2 Å². The van der Waals surface area contributed by atoms with Crippen LogP contribution in [0.5, 0.6) is 5.75 Å². The molecule has 2 heterocycles. The molecular weight excluding hydrogens is 645 g/mol. The number of anilines is 2. The number of imidazole rings is 1. The summed E-state index contributed by atoms with van der Waals surface area (Å²) in [6.45, 7) is 10.9. The zero-order valence-electron chi connectivity index (χ0n) is 29.9. The molecule has 4 aromatic rings. The quantitative estimate of drug-likeness (QED) is 0.0674. The van der Waals surface area contributed by atoms with E-state index in [1.807, 2.05) is 54.0 Å². The number of ether oxygens (including phenoxy) is 2. The van der Waals surface area contributed by atoms with Crippen molar-refractivity contribution in [2.45, 2.75) is 82.9 Å². The third kappa shape index (κ3) is 10.7. The van der Waals surface area contributed by atoms with E-state index in [1.54, 1.807) is 12.5 Å². The van der Waals surface area contributed by atoms with Crippen LogP contribution in [0.2, 0.25) is 0 Å². The van der Waals surface area contributed by atoms with Crippen LogP contribution >= 0.6 is 0 Å². The van der Waals surface area contributed by atoms with Crippen molar-refractivity contribution in [2.75, 3.05) is 43.1 Å². The van der Waals surface area contributed by atoms with Crippen LogP contribution in [0, 0.1) is 0 Å². The molecule has 0 aliphatic carbocycles. The Balaban J connectivity index is 1.28. The number of nitrogens with one attached hydrogen (secondary N) is 1. The Morgan fingerprint density at radius 1 is 0.920 bits per heavy atom. The topological polar surface area (TPSA) is 91.7 Å². The molecular formula is C41H52N4O4S. The highest BCUT2D eigenvalue weighted by molar-refractivity contribution is 7.90. The smallest absolute Gasteiger partial charge is 0.251 e. The van der Waals surface area contributed by atoms with Gasteiger partial charge in [-0.25, -0.2) is 4.98 Å². The monoisotopic (exact) mass is 696 g/mol. The summed E-state index contributed by atoms with van der Waals surface area (Å²) >= 11 is -1.21. The number of aryl methyl sites for hydroxylation is 1. The third-order valence-corrected chi connectivity index (χ3v) is 10.3. The van der Waals surface area contributed by atoms with Crippen LogP contribution in [0.1, 0.15) is 77.0 Å². The van der Waals surface area contributed by atoms with Crippen molar-refractivity contribution in [2.24, 2.45) is 0 Å². The number of hydrogen-bond acceptors (Lipinski definition) is 6. The lowest BCUT2D eigenvalue weighted by Gasteiger charge is -2.25. The van der Waals surface area contributed by atoms with Crippen molar-refractivity contribution in [3.63, 3.8) is 0 Å². The molecule has 1 aliphatic rings. The van der Waals surface area contributed by atoms with Gasteiger partial charge in [-0.3, -0.25) is 4.79 Å². The zero-order chi connectivity index (χ0) is 35.1. The van der Waals surface area contributed by atoms with Crippen molar-refractivity contribution in [1.29, 1.82) is 0 Å². The fourth-order valence-electron chi connectivity index (χ4n) is 6.11. The molecule has 8 nitrogen and oxygen atoms in total. The standard InChI is InChI=1S/C41H52N4O4S/c1-4-6-24-48-25-26-49-38-16-11-33(12-17-38)34-13-20-40(44-22-9-7-8-10-23-44)35(28-34)27-32(3)41(46)43-36-14-18-39(19-15-36)50(47)30-37-29-42-31-45(37)21-5-2/h11-20,27-29,31H,4-10,21-26,30H2,1-3H3,(H,43,46)/b32-27+. The first-order valence-electron chi connectivity index (χ1n) is 18.1. The van der Waals surface area contributed by atoms with Crippen LogP contribution in [0.4, 0.5) is 11.4 Å². The zero-order valence-corrected chi connectivity index (χ0v) is 30.7. The second-order valence-electron chi connectivity index (χ2n) is 12.9. The summed E-state index contributed by atoms with van der Waals surface area (Å²) in [5.74, 6) is 1.05. The van der Waals surface area contributed by atoms with Gasteiger partial charge in [-0.2, -0.15) is 0 Å². The summed E-state index contributed by atoms with van der Waals surface area (Å²) in [4.78, 5) is 20.9. The third-order valence-electron chi connectivity index (χ3n) is 8.95. The number of nitrogens with zero attached hydrogens (tertiary/aromatic N) is 3. The van der Waals surface area contributed by atoms with E-state index in [-0.39, 0.29) is 5.91 Å². The molecule has 1 fully saturated rings. The Bertz CT molecular complexity index is 1660. The highest BCUT2D eigenvalue weighted by atomic mass is 32.2. The number of carbonyl (C=O) groups excluding carboxylic acids is 1. The van der Waals surface area contributed by atoms with Crippen molar-refractivity contribution in [1.82, 2.24) is 9.55 Å². The summed E-state index contributed by atoms with van der Waals surface area (Å²) in [7, 11) is 0. The SMILES string of the molecule is CCCCOCCOc1ccc(-c2ccc(N3CCCCCC3)c(/C=C(\C)C(=O)Nc3ccc([S+]([O-])Cc4cncn4CCC)cc3)c2)cc1. The van der Waals surface area contributed by atoms with Crippen LogP contribution < -0.4 is 15.0 Å². The summed E-state index contributed by atoms with van der Waals surface area (Å²) in [6, 6.07) is 22.0. The van der Waals surface area contributed by atoms with Gasteiger partial charge in [-0.1, -0.05) is 51.3 Å². The number of amides is 1. The van der Waals surface area contributed by atoms with Crippen molar-refractivity contribution in [3.8, 4) is 16.9 Å². The summed E-state index contributed by atoms with van der Waals surface area (Å²) < 4.78 is 26.6. The highest BCUT2D eigenvalue weighted by Gasteiger charge is 2.17. The Labute approximate surface area is 301 Å². The number of unbranched alkanes of at least 4 members (excludes halogenated alkanes) is 1. The molecule has 9 heteroatoms. The minimum Gasteiger partial charge on any atom is -0.611 e. The second-order valence-corrected chi connectivity index (χ2v) is 14.3. The van der Waals surface area contributed by atoms with E-state index in [2.05, 4.69) is 59.4 Å². The van der Waals surface area contributed by atoms with E-state index in [0.29, 0.717) is 30.2 Å². The lowest BCUT2D eigenvalue weighted by atomic mass is 9.99. The molecule has 1 amide bonds. The molecule has 1 aromatic heterocycles. The molecule has 1 atom stereocenters. The van der Waals surface area contributed by atoms with E-state index in [4.69, 9.17) is 9.47 Å².